The Balaban J connectivity index is 2.06. The summed E-state index contributed by atoms with van der Waals surface area (Å²) < 4.78 is 59.7. The summed E-state index contributed by atoms with van der Waals surface area (Å²) >= 11 is 0. The summed E-state index contributed by atoms with van der Waals surface area (Å²) in [6.45, 7) is 3.24. The van der Waals surface area contributed by atoms with Crippen LogP contribution < -0.4 is 14.8 Å². The van der Waals surface area contributed by atoms with Gasteiger partial charge in [0.1, 0.15) is 0 Å². The quantitative estimate of drug-likeness (QED) is 0.316. The van der Waals surface area contributed by atoms with Crippen molar-refractivity contribution in [2.24, 2.45) is 0 Å². The third kappa shape index (κ3) is 4.53. The molecule has 162 valence electrons. The Morgan fingerprint density at radius 1 is 1.13 bits per heavy atom. The molecule has 0 fully saturated rings. The topological polar surface area (TPSA) is 109 Å². The summed E-state index contributed by atoms with van der Waals surface area (Å²) in [6.07, 6.45) is -3.80. The van der Waals surface area contributed by atoms with Crippen molar-refractivity contribution < 1.29 is 36.8 Å². The Bertz CT molecular complexity index is 979. The van der Waals surface area contributed by atoms with Gasteiger partial charge >= 0.3 is 13.9 Å². The van der Waals surface area contributed by atoms with E-state index in [1.807, 2.05) is 0 Å². The average Bonchev–Trinajstić information content (AvgIpc) is 2.99. The number of nitrogens with zero attached hydrogens (tertiary/aromatic N) is 1. The number of benzene rings is 2. The van der Waals surface area contributed by atoms with Crippen LogP contribution in [-0.2, 0) is 13.6 Å². The largest absolute Gasteiger partial charge is 0.586 e. The predicted molar refractivity (Wildman–Crippen MR) is 103 cm³/mol. The molecule has 2 aromatic rings. The third-order valence-electron chi connectivity index (χ3n) is 4.07. The second kappa shape index (κ2) is 8.55. The molecular weight excluding hydrogens is 425 g/mol. The van der Waals surface area contributed by atoms with E-state index in [1.165, 1.54) is 36.4 Å². The Morgan fingerprint density at radius 3 is 2.40 bits per heavy atom. The van der Waals surface area contributed by atoms with Gasteiger partial charge in [-0.15, -0.1) is 8.78 Å². The van der Waals surface area contributed by atoms with Crippen LogP contribution in [0.4, 0.5) is 20.2 Å². The van der Waals surface area contributed by atoms with Crippen molar-refractivity contribution in [2.45, 2.75) is 25.9 Å². The lowest BCUT2D eigenvalue weighted by atomic mass is 10.1. The molecule has 1 aliphatic heterocycles. The van der Waals surface area contributed by atoms with Gasteiger partial charge in [-0.2, -0.15) is 0 Å². The minimum atomic E-state index is -3.96. The highest BCUT2D eigenvalue weighted by atomic mass is 31.2. The molecule has 0 aliphatic carbocycles. The summed E-state index contributed by atoms with van der Waals surface area (Å²) in [5, 5.41) is 14.4. The highest BCUT2D eigenvalue weighted by Crippen LogP contribution is 2.62. The number of hydrogen-bond donors (Lipinski definition) is 1. The molecule has 9 nitrogen and oxygen atoms in total. The maximum Gasteiger partial charge on any atom is 0.586 e. The van der Waals surface area contributed by atoms with Gasteiger partial charge in [-0.1, -0.05) is 12.1 Å². The van der Waals surface area contributed by atoms with Crippen molar-refractivity contribution >= 4 is 19.0 Å². The number of alkyl halides is 2. The molecule has 0 saturated carbocycles. The predicted octanol–water partition coefficient (Wildman–Crippen LogP) is 5.29. The molecular formula is C18H19F2N2O7P. The first kappa shape index (κ1) is 21.9. The molecule has 1 N–H and O–H groups in total. The molecule has 1 heterocycles. The Morgan fingerprint density at radius 2 is 1.77 bits per heavy atom. The first-order chi connectivity index (χ1) is 14.2. The molecule has 0 spiro atoms. The fourth-order valence-electron chi connectivity index (χ4n) is 2.96. The van der Waals surface area contributed by atoms with Crippen LogP contribution in [0.15, 0.2) is 42.5 Å². The van der Waals surface area contributed by atoms with Crippen LogP contribution in [0.25, 0.3) is 0 Å². The highest BCUT2D eigenvalue weighted by molar-refractivity contribution is 7.54. The van der Waals surface area contributed by atoms with Crippen LogP contribution in [0.3, 0.4) is 0 Å². The third-order valence-corrected chi connectivity index (χ3v) is 6.34. The number of hydrogen-bond acceptors (Lipinski definition) is 8. The fraction of sp³-hybridized carbons (Fsp3) is 0.333. The maximum atomic E-state index is 13.5. The zero-order valence-corrected chi connectivity index (χ0v) is 16.9. The molecule has 12 heteroatoms. The Hall–Kier alpha value is -2.75. The zero-order valence-electron chi connectivity index (χ0n) is 16.0. The molecule has 0 aromatic heterocycles. The highest BCUT2D eigenvalue weighted by Gasteiger charge is 2.44. The molecule has 0 bridgehead atoms. The summed E-state index contributed by atoms with van der Waals surface area (Å²) in [6, 6.07) is 9.51. The standard InChI is InChI=1S/C18H19F2N2O7P/c1-3-26-30(25,27-4-2)17(13-7-5-6-8-14(13)22(23)24)21-12-9-10-15-16(11-12)29-18(19,20)28-15/h5-11,17,21H,3-4H2,1-2H3. The van der Waals surface area contributed by atoms with Crippen LogP contribution in [0.2, 0.25) is 0 Å². The van der Waals surface area contributed by atoms with E-state index in [0.717, 1.165) is 0 Å². The van der Waals surface area contributed by atoms with Gasteiger partial charge in [0.15, 0.2) is 17.3 Å². The van der Waals surface area contributed by atoms with Gasteiger partial charge in [-0.3, -0.25) is 14.7 Å². The lowest BCUT2D eigenvalue weighted by Crippen LogP contribution is -2.25. The molecule has 0 saturated heterocycles. The van der Waals surface area contributed by atoms with E-state index in [2.05, 4.69) is 14.8 Å². The smallest absolute Gasteiger partial charge is 0.395 e. The van der Waals surface area contributed by atoms with Crippen molar-refractivity contribution in [3.8, 4) is 11.5 Å². The number of para-hydroxylation sites is 1. The van der Waals surface area contributed by atoms with E-state index >= 15 is 0 Å². The first-order valence-electron chi connectivity index (χ1n) is 8.97. The summed E-state index contributed by atoms with van der Waals surface area (Å²) in [4.78, 5) is 10.9. The molecule has 0 amide bonds. The number of halogens is 2. The van der Waals surface area contributed by atoms with Gasteiger partial charge in [0.05, 0.1) is 23.7 Å². The van der Waals surface area contributed by atoms with Crippen molar-refractivity contribution in [1.82, 2.24) is 0 Å². The number of anilines is 1. The Kier molecular flexibility index (Phi) is 6.25. The molecule has 2 aromatic carbocycles. The summed E-state index contributed by atoms with van der Waals surface area (Å²) in [5.41, 5.74) is -0.0598. The van der Waals surface area contributed by atoms with Crippen LogP contribution in [-0.4, -0.2) is 24.4 Å². The normalized spacial score (nSPS) is 15.6. The van der Waals surface area contributed by atoms with E-state index < -0.39 is 24.6 Å². The molecule has 1 aliphatic rings. The van der Waals surface area contributed by atoms with Crippen LogP contribution in [0.1, 0.15) is 25.2 Å². The second-order valence-electron chi connectivity index (χ2n) is 6.07. The minimum Gasteiger partial charge on any atom is -0.395 e. The molecule has 1 unspecified atom stereocenters. The molecule has 1 atom stereocenters. The lowest BCUT2D eigenvalue weighted by Gasteiger charge is -2.28. The lowest BCUT2D eigenvalue weighted by molar-refractivity contribution is -0.385. The second-order valence-corrected chi connectivity index (χ2v) is 8.18. The zero-order chi connectivity index (χ0) is 21.9. The molecule has 30 heavy (non-hydrogen) atoms. The van der Waals surface area contributed by atoms with E-state index in [9.17, 15) is 23.5 Å². The number of ether oxygens (including phenoxy) is 2. The number of fused-ring (bicyclic) bond motifs is 1. The van der Waals surface area contributed by atoms with Crippen molar-refractivity contribution in [3.05, 3.63) is 58.1 Å². The van der Waals surface area contributed by atoms with Gasteiger partial charge in [0.25, 0.3) is 5.69 Å². The number of rotatable bonds is 9. The van der Waals surface area contributed by atoms with Crippen LogP contribution >= 0.6 is 7.60 Å². The van der Waals surface area contributed by atoms with E-state index in [4.69, 9.17) is 9.05 Å². The van der Waals surface area contributed by atoms with E-state index in [1.54, 1.807) is 19.9 Å². The maximum absolute atomic E-state index is 13.5. The van der Waals surface area contributed by atoms with Gasteiger partial charge in [-0.05, 0) is 32.0 Å². The molecule has 3 rings (SSSR count). The summed E-state index contributed by atoms with van der Waals surface area (Å²) in [5.74, 6) is -1.71. The van der Waals surface area contributed by atoms with Gasteiger partial charge in [0.2, 0.25) is 0 Å². The van der Waals surface area contributed by atoms with Gasteiger partial charge in [0, 0.05) is 17.8 Å². The number of nitrogens with one attached hydrogen (secondary N) is 1. The van der Waals surface area contributed by atoms with Crippen molar-refractivity contribution in [3.63, 3.8) is 0 Å². The Labute approximate surface area is 170 Å². The monoisotopic (exact) mass is 444 g/mol. The van der Waals surface area contributed by atoms with Crippen molar-refractivity contribution in [2.75, 3.05) is 18.5 Å². The summed E-state index contributed by atoms with van der Waals surface area (Å²) in [7, 11) is -3.96. The fourth-order valence-corrected chi connectivity index (χ4v) is 4.91. The molecule has 0 radical (unpaired) electrons. The van der Waals surface area contributed by atoms with Crippen molar-refractivity contribution in [1.29, 1.82) is 0 Å². The van der Waals surface area contributed by atoms with Gasteiger partial charge < -0.3 is 23.8 Å². The van der Waals surface area contributed by atoms with E-state index in [-0.39, 0.29) is 41.7 Å². The van der Waals surface area contributed by atoms with Crippen LogP contribution in [0, 0.1) is 10.1 Å². The number of nitro groups is 1. The van der Waals surface area contributed by atoms with E-state index in [0.29, 0.717) is 0 Å². The minimum absolute atomic E-state index is 0.0173. The van der Waals surface area contributed by atoms with Gasteiger partial charge in [-0.25, -0.2) is 0 Å². The first-order valence-corrected chi connectivity index (χ1v) is 10.6. The number of nitro benzene ring substituents is 1. The SMILES string of the molecule is CCOP(=O)(OCC)C(Nc1ccc2c(c1)OC(F)(F)O2)c1ccccc1[N+](=O)[O-]. The van der Waals surface area contributed by atoms with Crippen LogP contribution in [0.5, 0.6) is 11.5 Å². The average molecular weight is 444 g/mol.